The third kappa shape index (κ3) is 4.65. The van der Waals surface area contributed by atoms with Gasteiger partial charge in [0.2, 0.25) is 0 Å². The van der Waals surface area contributed by atoms with Crippen LogP contribution in [0.3, 0.4) is 0 Å². The summed E-state index contributed by atoms with van der Waals surface area (Å²) >= 11 is 5.63. The van der Waals surface area contributed by atoms with Crippen LogP contribution in [0.1, 0.15) is 6.92 Å². The van der Waals surface area contributed by atoms with Crippen LogP contribution in [0.25, 0.3) is 0 Å². The number of nitro groups is 1. The van der Waals surface area contributed by atoms with E-state index < -0.39 is 44.4 Å². The molecule has 10 nitrogen and oxygen atoms in total. The second-order valence-electron chi connectivity index (χ2n) is 5.20. The van der Waals surface area contributed by atoms with Gasteiger partial charge in [0.1, 0.15) is 28.4 Å². The molecule has 1 aliphatic heterocycles. The monoisotopic (exact) mass is 392 g/mol. The van der Waals surface area contributed by atoms with Gasteiger partial charge >= 0.3 is 6.09 Å². The molecule has 25 heavy (non-hydrogen) atoms. The van der Waals surface area contributed by atoms with Gasteiger partial charge in [0.05, 0.1) is 18.0 Å². The van der Waals surface area contributed by atoms with E-state index in [1.807, 2.05) is 0 Å². The van der Waals surface area contributed by atoms with E-state index in [1.165, 1.54) is 6.92 Å². The van der Waals surface area contributed by atoms with Crippen LogP contribution in [0.2, 0.25) is 5.02 Å². The van der Waals surface area contributed by atoms with Gasteiger partial charge in [-0.05, 0) is 19.1 Å². The van der Waals surface area contributed by atoms with Gasteiger partial charge < -0.3 is 4.74 Å². The van der Waals surface area contributed by atoms with Gasteiger partial charge in [-0.15, -0.1) is 0 Å². The molecule has 0 bridgehead atoms. The number of cyclic esters (lactones) is 1. The Labute approximate surface area is 147 Å². The highest BCUT2D eigenvalue weighted by Gasteiger charge is 2.33. The van der Waals surface area contributed by atoms with Crippen molar-refractivity contribution in [3.05, 3.63) is 33.3 Å². The predicted octanol–water partition coefficient (Wildman–Crippen LogP) is 1.36. The molecular weight excluding hydrogens is 380 g/mol. The molecule has 1 aromatic carbocycles. The fraction of sp³-hybridized carbons (Fsp3) is 0.385. The van der Waals surface area contributed by atoms with Gasteiger partial charge in [0, 0.05) is 6.07 Å². The molecule has 0 spiro atoms. The third-order valence-electron chi connectivity index (χ3n) is 3.18. The van der Waals surface area contributed by atoms with E-state index in [4.69, 9.17) is 20.5 Å². The minimum absolute atomic E-state index is 0.00526. The Morgan fingerprint density at radius 1 is 1.52 bits per heavy atom. The first-order valence-corrected chi connectivity index (χ1v) is 8.67. The molecule has 0 saturated carbocycles. The average Bonchev–Trinajstić information content (AvgIpc) is 2.85. The fourth-order valence-electron chi connectivity index (χ4n) is 2.08. The highest BCUT2D eigenvalue weighted by atomic mass is 35.5. The Morgan fingerprint density at radius 2 is 2.20 bits per heavy atom. The molecule has 0 N–H and O–H groups in total. The van der Waals surface area contributed by atoms with E-state index in [2.05, 4.69) is 0 Å². The number of Topliss-reactive ketones (excluding diaryl/α,β-unsaturated/α-hetero) is 1. The molecule has 1 amide bonds. The van der Waals surface area contributed by atoms with Crippen LogP contribution < -0.4 is 0 Å². The van der Waals surface area contributed by atoms with Gasteiger partial charge in [-0.1, -0.05) is 11.6 Å². The summed E-state index contributed by atoms with van der Waals surface area (Å²) in [5, 5.41) is 10.6. The summed E-state index contributed by atoms with van der Waals surface area (Å²) in [6.07, 6.45) is -1.63. The topological polar surface area (TPSA) is 133 Å². The molecule has 1 heterocycles. The maximum atomic E-state index is 12.1. The Balaban J connectivity index is 2.05. The number of hydrogen-bond acceptors (Lipinski definition) is 8. The van der Waals surface area contributed by atoms with E-state index in [-0.39, 0.29) is 23.9 Å². The maximum absolute atomic E-state index is 12.1. The Bertz CT molecular complexity index is 825. The summed E-state index contributed by atoms with van der Waals surface area (Å²) < 4.78 is 33.9. The number of hydrogen-bond donors (Lipinski definition) is 0. The first kappa shape index (κ1) is 19.1. The zero-order chi connectivity index (χ0) is 18.8. The van der Waals surface area contributed by atoms with Crippen molar-refractivity contribution in [2.75, 3.05) is 19.7 Å². The molecule has 1 fully saturated rings. The van der Waals surface area contributed by atoms with E-state index in [0.29, 0.717) is 0 Å². The first-order chi connectivity index (χ1) is 11.6. The lowest BCUT2D eigenvalue weighted by molar-refractivity contribution is -0.384. The van der Waals surface area contributed by atoms with Crippen molar-refractivity contribution in [3.63, 3.8) is 0 Å². The molecular formula is C13H13ClN2O8S. The molecule has 1 saturated heterocycles. The molecule has 0 aromatic heterocycles. The van der Waals surface area contributed by atoms with Crippen molar-refractivity contribution in [2.24, 2.45) is 0 Å². The van der Waals surface area contributed by atoms with Crippen molar-refractivity contribution in [3.8, 4) is 0 Å². The molecule has 1 aromatic rings. The van der Waals surface area contributed by atoms with Crippen LogP contribution in [0.4, 0.5) is 10.5 Å². The molecule has 1 atom stereocenters. The van der Waals surface area contributed by atoms with Crippen LogP contribution in [0, 0.1) is 10.1 Å². The lowest BCUT2D eigenvalue weighted by Crippen LogP contribution is -2.31. The van der Waals surface area contributed by atoms with Gasteiger partial charge in [-0.2, -0.15) is 8.42 Å². The van der Waals surface area contributed by atoms with Crippen molar-refractivity contribution >= 4 is 39.3 Å². The van der Waals surface area contributed by atoms with E-state index in [9.17, 15) is 28.1 Å². The minimum Gasteiger partial charge on any atom is -0.442 e. The average molecular weight is 393 g/mol. The maximum Gasteiger partial charge on any atom is 0.410 e. The van der Waals surface area contributed by atoms with Crippen LogP contribution in [-0.4, -0.2) is 55.9 Å². The summed E-state index contributed by atoms with van der Waals surface area (Å²) in [6, 6.07) is 2.91. The Kier molecular flexibility index (Phi) is 5.60. The number of ketones is 1. The first-order valence-electron chi connectivity index (χ1n) is 6.88. The molecule has 0 unspecified atom stereocenters. The summed E-state index contributed by atoms with van der Waals surface area (Å²) in [5.41, 5.74) is -0.578. The number of rotatable bonds is 7. The number of halogens is 1. The molecule has 1 aliphatic rings. The number of ether oxygens (including phenoxy) is 1. The van der Waals surface area contributed by atoms with E-state index in [1.54, 1.807) is 0 Å². The lowest BCUT2D eigenvalue weighted by atomic mass is 10.3. The number of nitrogens with zero attached hydrogens (tertiary/aromatic N) is 2. The van der Waals surface area contributed by atoms with Gasteiger partial charge in [-0.3, -0.25) is 24.0 Å². The summed E-state index contributed by atoms with van der Waals surface area (Å²) in [6.45, 7) is 0.661. The fourth-order valence-corrected chi connectivity index (χ4v) is 3.22. The van der Waals surface area contributed by atoms with E-state index in [0.717, 1.165) is 23.1 Å². The predicted molar refractivity (Wildman–Crippen MR) is 83.8 cm³/mol. The summed E-state index contributed by atoms with van der Waals surface area (Å²) in [4.78, 5) is 33.2. The SMILES string of the molecule is CC(=O)CN1C[C@@H](COS(=O)(=O)c2ccc(Cl)c([N+](=O)[O-])c2)OC1=O. The van der Waals surface area contributed by atoms with Crippen molar-refractivity contribution < 1.29 is 31.9 Å². The second-order valence-corrected chi connectivity index (χ2v) is 7.22. The number of carbonyl (C=O) groups is 2. The van der Waals surface area contributed by atoms with Crippen molar-refractivity contribution in [2.45, 2.75) is 17.9 Å². The Hall–Kier alpha value is -2.24. The Morgan fingerprint density at radius 3 is 2.80 bits per heavy atom. The molecule has 136 valence electrons. The molecule has 0 radical (unpaired) electrons. The minimum atomic E-state index is -4.32. The zero-order valence-electron chi connectivity index (χ0n) is 12.9. The van der Waals surface area contributed by atoms with E-state index >= 15 is 0 Å². The molecule has 12 heteroatoms. The van der Waals surface area contributed by atoms with Crippen LogP contribution >= 0.6 is 11.6 Å². The number of amides is 1. The van der Waals surface area contributed by atoms with Crippen molar-refractivity contribution in [1.82, 2.24) is 4.90 Å². The second kappa shape index (κ2) is 7.33. The van der Waals surface area contributed by atoms with Crippen LogP contribution in [-0.2, 0) is 23.8 Å². The number of benzene rings is 1. The summed E-state index contributed by atoms with van der Waals surface area (Å²) in [5.74, 6) is -0.250. The number of nitro benzene ring substituents is 1. The lowest BCUT2D eigenvalue weighted by Gasteiger charge is -2.11. The number of carbonyl (C=O) groups excluding carboxylic acids is 2. The largest absolute Gasteiger partial charge is 0.442 e. The highest BCUT2D eigenvalue weighted by molar-refractivity contribution is 7.86. The standard InChI is InChI=1S/C13H13ClN2O8S/c1-8(17)5-15-6-9(24-13(15)18)7-23-25(21,22)10-2-3-11(14)12(4-10)16(19)20/h2-4,9H,5-7H2,1H3/t9-/m0/s1. The van der Waals surface area contributed by atoms with Gasteiger partial charge in [0.25, 0.3) is 15.8 Å². The van der Waals surface area contributed by atoms with Crippen LogP contribution in [0.15, 0.2) is 23.1 Å². The van der Waals surface area contributed by atoms with Gasteiger partial charge in [-0.25, -0.2) is 4.79 Å². The van der Waals surface area contributed by atoms with Crippen LogP contribution in [0.5, 0.6) is 0 Å². The smallest absolute Gasteiger partial charge is 0.410 e. The molecule has 2 rings (SSSR count). The van der Waals surface area contributed by atoms with Gasteiger partial charge in [0.15, 0.2) is 0 Å². The zero-order valence-corrected chi connectivity index (χ0v) is 14.4. The summed E-state index contributed by atoms with van der Waals surface area (Å²) in [7, 11) is -4.32. The quantitative estimate of drug-likeness (QED) is 0.386. The normalized spacial score (nSPS) is 17.4. The van der Waals surface area contributed by atoms with Crippen molar-refractivity contribution in [1.29, 1.82) is 0 Å². The molecule has 0 aliphatic carbocycles. The highest BCUT2D eigenvalue weighted by Crippen LogP contribution is 2.28. The third-order valence-corrected chi connectivity index (χ3v) is 4.77.